The van der Waals surface area contributed by atoms with E-state index in [4.69, 9.17) is 4.74 Å². The number of nitrogens with one attached hydrogen (secondary N) is 1. The number of methoxy groups -OCH3 is 1. The summed E-state index contributed by atoms with van der Waals surface area (Å²) in [7, 11) is 1.27. The standard InChI is InChI=1S/C16H11F3N2O2/c1-23-15(22)11-3-2-4-12-13(11)21-14(20-12)9-5-7-10(8-6-9)16(17,18)19/h2-8H,1H3,(H,20,21). The highest BCUT2D eigenvalue weighted by Gasteiger charge is 2.30. The van der Waals surface area contributed by atoms with Crippen LogP contribution in [0.1, 0.15) is 15.9 Å². The first-order valence-electron chi connectivity index (χ1n) is 6.65. The Morgan fingerprint density at radius 1 is 1.13 bits per heavy atom. The predicted octanol–water partition coefficient (Wildman–Crippen LogP) is 4.04. The fourth-order valence-corrected chi connectivity index (χ4v) is 2.26. The van der Waals surface area contributed by atoms with Crippen LogP contribution in [0.15, 0.2) is 42.5 Å². The Morgan fingerprint density at radius 3 is 2.43 bits per heavy atom. The number of fused-ring (bicyclic) bond motifs is 1. The number of rotatable bonds is 2. The third-order valence-electron chi connectivity index (χ3n) is 3.40. The highest BCUT2D eigenvalue weighted by molar-refractivity contribution is 6.02. The van der Waals surface area contributed by atoms with E-state index >= 15 is 0 Å². The fraction of sp³-hybridized carbons (Fsp3) is 0.125. The van der Waals surface area contributed by atoms with E-state index in [2.05, 4.69) is 9.97 Å². The molecule has 4 nitrogen and oxygen atoms in total. The van der Waals surface area contributed by atoms with Crippen LogP contribution in [0.5, 0.6) is 0 Å². The van der Waals surface area contributed by atoms with E-state index in [-0.39, 0.29) is 0 Å². The fourth-order valence-electron chi connectivity index (χ4n) is 2.26. The zero-order chi connectivity index (χ0) is 16.6. The van der Waals surface area contributed by atoms with Crippen LogP contribution in [0, 0.1) is 0 Å². The number of alkyl halides is 3. The summed E-state index contributed by atoms with van der Waals surface area (Å²) in [5, 5.41) is 0. The van der Waals surface area contributed by atoms with E-state index in [0.29, 0.717) is 28.0 Å². The maximum absolute atomic E-state index is 12.6. The molecule has 23 heavy (non-hydrogen) atoms. The first-order valence-corrected chi connectivity index (χ1v) is 6.65. The van der Waals surface area contributed by atoms with E-state index in [1.165, 1.54) is 19.2 Å². The molecule has 1 heterocycles. The quantitative estimate of drug-likeness (QED) is 0.725. The summed E-state index contributed by atoms with van der Waals surface area (Å²) in [6, 6.07) is 9.61. The molecular weight excluding hydrogens is 309 g/mol. The molecule has 0 aliphatic rings. The molecule has 0 saturated carbocycles. The van der Waals surface area contributed by atoms with Crippen LogP contribution in [-0.2, 0) is 10.9 Å². The molecule has 7 heteroatoms. The lowest BCUT2D eigenvalue weighted by molar-refractivity contribution is -0.137. The van der Waals surface area contributed by atoms with Gasteiger partial charge in [0.05, 0.1) is 23.8 Å². The third-order valence-corrected chi connectivity index (χ3v) is 3.40. The Balaban J connectivity index is 2.06. The maximum atomic E-state index is 12.6. The average Bonchev–Trinajstić information content (AvgIpc) is 2.97. The van der Waals surface area contributed by atoms with E-state index in [0.717, 1.165) is 12.1 Å². The molecule has 0 aliphatic carbocycles. The van der Waals surface area contributed by atoms with Gasteiger partial charge in [-0.3, -0.25) is 0 Å². The van der Waals surface area contributed by atoms with Crippen molar-refractivity contribution in [3.63, 3.8) is 0 Å². The van der Waals surface area contributed by atoms with Crippen molar-refractivity contribution in [2.75, 3.05) is 7.11 Å². The van der Waals surface area contributed by atoms with E-state index < -0.39 is 17.7 Å². The molecule has 0 atom stereocenters. The van der Waals surface area contributed by atoms with Crippen LogP contribution in [0.25, 0.3) is 22.4 Å². The number of aromatic nitrogens is 2. The van der Waals surface area contributed by atoms with Gasteiger partial charge in [0.2, 0.25) is 0 Å². The van der Waals surface area contributed by atoms with Crippen molar-refractivity contribution in [3.05, 3.63) is 53.6 Å². The van der Waals surface area contributed by atoms with Gasteiger partial charge in [-0.1, -0.05) is 18.2 Å². The number of carbonyl (C=O) groups excluding carboxylic acids is 1. The molecule has 0 bridgehead atoms. The van der Waals surface area contributed by atoms with Gasteiger partial charge in [-0.2, -0.15) is 13.2 Å². The first-order chi connectivity index (χ1) is 10.9. The molecule has 2 aromatic carbocycles. The highest BCUT2D eigenvalue weighted by atomic mass is 19.4. The number of hydrogen-bond donors (Lipinski definition) is 1. The lowest BCUT2D eigenvalue weighted by Crippen LogP contribution is -2.04. The number of esters is 1. The Kier molecular flexibility index (Phi) is 3.55. The Hall–Kier alpha value is -2.83. The summed E-state index contributed by atoms with van der Waals surface area (Å²) in [5.74, 6) is -0.147. The monoisotopic (exact) mass is 320 g/mol. The van der Waals surface area contributed by atoms with Crippen molar-refractivity contribution >= 4 is 17.0 Å². The summed E-state index contributed by atoms with van der Waals surface area (Å²) < 4.78 is 42.5. The van der Waals surface area contributed by atoms with E-state index in [9.17, 15) is 18.0 Å². The van der Waals surface area contributed by atoms with Crippen molar-refractivity contribution < 1.29 is 22.7 Å². The lowest BCUT2D eigenvalue weighted by Gasteiger charge is -2.06. The number of benzene rings is 2. The minimum atomic E-state index is -4.38. The van der Waals surface area contributed by atoms with Gasteiger partial charge >= 0.3 is 12.1 Å². The SMILES string of the molecule is COC(=O)c1cccc2[nH]c(-c3ccc(C(F)(F)F)cc3)nc12. The minimum absolute atomic E-state index is 0.291. The summed E-state index contributed by atoms with van der Waals surface area (Å²) in [5.41, 5.74) is 1.06. The molecule has 1 N–H and O–H groups in total. The highest BCUT2D eigenvalue weighted by Crippen LogP contribution is 2.31. The number of nitrogens with zero attached hydrogens (tertiary/aromatic N) is 1. The number of para-hydroxylation sites is 1. The number of halogens is 3. The first kappa shape index (κ1) is 15.1. The largest absolute Gasteiger partial charge is 0.465 e. The van der Waals surface area contributed by atoms with Gasteiger partial charge in [-0.05, 0) is 24.3 Å². The number of H-pyrrole nitrogens is 1. The smallest absolute Gasteiger partial charge is 0.416 e. The van der Waals surface area contributed by atoms with Crippen molar-refractivity contribution in [2.45, 2.75) is 6.18 Å². The molecule has 0 saturated heterocycles. The summed E-state index contributed by atoms with van der Waals surface area (Å²) in [6.07, 6.45) is -4.38. The molecule has 3 aromatic rings. The molecule has 3 rings (SSSR count). The zero-order valence-electron chi connectivity index (χ0n) is 11.9. The summed E-state index contributed by atoms with van der Waals surface area (Å²) in [4.78, 5) is 19.0. The van der Waals surface area contributed by atoms with Crippen molar-refractivity contribution in [1.29, 1.82) is 0 Å². The molecule has 0 aliphatic heterocycles. The van der Waals surface area contributed by atoms with Gasteiger partial charge in [0.1, 0.15) is 11.3 Å². The van der Waals surface area contributed by atoms with Crippen molar-refractivity contribution in [2.24, 2.45) is 0 Å². The molecule has 1 aromatic heterocycles. The normalized spacial score (nSPS) is 11.7. The van der Waals surface area contributed by atoms with Gasteiger partial charge in [-0.15, -0.1) is 0 Å². The van der Waals surface area contributed by atoms with Crippen LogP contribution in [-0.4, -0.2) is 23.0 Å². The van der Waals surface area contributed by atoms with Gasteiger partial charge < -0.3 is 9.72 Å². The molecular formula is C16H11F3N2O2. The topological polar surface area (TPSA) is 55.0 Å². The zero-order valence-corrected chi connectivity index (χ0v) is 11.9. The van der Waals surface area contributed by atoms with Gasteiger partial charge in [0.25, 0.3) is 0 Å². The Labute approximate surface area is 128 Å². The lowest BCUT2D eigenvalue weighted by atomic mass is 10.1. The minimum Gasteiger partial charge on any atom is -0.465 e. The second-order valence-corrected chi connectivity index (χ2v) is 4.85. The number of ether oxygens (including phenoxy) is 1. The second kappa shape index (κ2) is 5.42. The van der Waals surface area contributed by atoms with Gasteiger partial charge in [-0.25, -0.2) is 9.78 Å². The second-order valence-electron chi connectivity index (χ2n) is 4.85. The number of imidazole rings is 1. The van der Waals surface area contributed by atoms with E-state index in [1.807, 2.05) is 0 Å². The van der Waals surface area contributed by atoms with Crippen molar-refractivity contribution in [1.82, 2.24) is 9.97 Å². The molecule has 0 spiro atoms. The number of aromatic amines is 1. The molecule has 0 radical (unpaired) electrons. The van der Waals surface area contributed by atoms with Crippen LogP contribution < -0.4 is 0 Å². The third kappa shape index (κ3) is 2.77. The average molecular weight is 320 g/mol. The number of hydrogen-bond acceptors (Lipinski definition) is 3. The summed E-state index contributed by atoms with van der Waals surface area (Å²) in [6.45, 7) is 0. The van der Waals surface area contributed by atoms with Crippen LogP contribution in [0.2, 0.25) is 0 Å². The predicted molar refractivity (Wildman–Crippen MR) is 77.9 cm³/mol. The van der Waals surface area contributed by atoms with E-state index in [1.54, 1.807) is 18.2 Å². The molecule has 0 fully saturated rings. The molecule has 0 amide bonds. The number of carbonyl (C=O) groups is 1. The van der Waals surface area contributed by atoms with Gasteiger partial charge in [0.15, 0.2) is 0 Å². The van der Waals surface area contributed by atoms with Crippen LogP contribution in [0.3, 0.4) is 0 Å². The Morgan fingerprint density at radius 2 is 1.83 bits per heavy atom. The Bertz CT molecular complexity index is 867. The summed E-state index contributed by atoms with van der Waals surface area (Å²) >= 11 is 0. The maximum Gasteiger partial charge on any atom is 0.416 e. The van der Waals surface area contributed by atoms with Crippen LogP contribution in [0.4, 0.5) is 13.2 Å². The molecule has 0 unspecified atom stereocenters. The van der Waals surface area contributed by atoms with Gasteiger partial charge in [0, 0.05) is 5.56 Å². The molecule has 118 valence electrons. The van der Waals surface area contributed by atoms with Crippen molar-refractivity contribution in [3.8, 4) is 11.4 Å². The van der Waals surface area contributed by atoms with Crippen LogP contribution >= 0.6 is 0 Å².